The predicted octanol–water partition coefficient (Wildman–Crippen LogP) is 3.18. The van der Waals surface area contributed by atoms with Crippen molar-refractivity contribution < 1.29 is 4.39 Å². The molecule has 0 N–H and O–H groups in total. The third-order valence-corrected chi connectivity index (χ3v) is 6.07. The Hall–Kier alpha value is -3.68. The highest BCUT2D eigenvalue weighted by atomic mass is 19.1. The average molecular weight is 433 g/mol. The Kier molecular flexibility index (Phi) is 4.73. The van der Waals surface area contributed by atoms with Crippen molar-refractivity contribution in [3.05, 3.63) is 86.3 Å². The van der Waals surface area contributed by atoms with Crippen LogP contribution in [0.4, 0.5) is 16.0 Å². The van der Waals surface area contributed by atoms with Crippen LogP contribution in [0.25, 0.3) is 11.2 Å². The van der Waals surface area contributed by atoms with E-state index >= 15 is 0 Å². The lowest BCUT2D eigenvalue weighted by Gasteiger charge is -2.33. The standard InChI is InChI=1S/C24H24FN5O2/c1-15-8-10-18(11-9-15)28-12-16(2)13-29-20-21(26-23(28)29)27(3)24(32)30(22(20)31)14-17-6-4-5-7-19(17)25/h4-11,16H,12-14H2,1-3H3/t16-/m0/s1. The third kappa shape index (κ3) is 3.14. The molecule has 8 heteroatoms. The van der Waals surface area contributed by atoms with E-state index in [9.17, 15) is 14.0 Å². The van der Waals surface area contributed by atoms with Crippen molar-refractivity contribution in [1.82, 2.24) is 18.7 Å². The number of hydrogen-bond acceptors (Lipinski definition) is 4. The van der Waals surface area contributed by atoms with Crippen molar-refractivity contribution in [3.8, 4) is 0 Å². The average Bonchev–Trinajstić information content (AvgIpc) is 3.16. The first-order chi connectivity index (χ1) is 15.3. The summed E-state index contributed by atoms with van der Waals surface area (Å²) >= 11 is 0. The number of hydrogen-bond donors (Lipinski definition) is 0. The maximum absolute atomic E-state index is 14.2. The maximum atomic E-state index is 14.2. The zero-order valence-corrected chi connectivity index (χ0v) is 18.2. The van der Waals surface area contributed by atoms with E-state index in [-0.39, 0.29) is 12.5 Å². The van der Waals surface area contributed by atoms with Crippen molar-refractivity contribution in [2.45, 2.75) is 26.9 Å². The molecule has 1 aliphatic rings. The number of benzene rings is 2. The summed E-state index contributed by atoms with van der Waals surface area (Å²) in [7, 11) is 1.60. The second kappa shape index (κ2) is 7.47. The van der Waals surface area contributed by atoms with Gasteiger partial charge in [0.05, 0.1) is 6.54 Å². The summed E-state index contributed by atoms with van der Waals surface area (Å²) in [6.07, 6.45) is 0. The predicted molar refractivity (Wildman–Crippen MR) is 122 cm³/mol. The van der Waals surface area contributed by atoms with Crippen molar-refractivity contribution in [3.63, 3.8) is 0 Å². The Morgan fingerprint density at radius 1 is 1.06 bits per heavy atom. The van der Waals surface area contributed by atoms with Crippen LogP contribution in [0.3, 0.4) is 0 Å². The van der Waals surface area contributed by atoms with Gasteiger partial charge in [-0.2, -0.15) is 4.98 Å². The van der Waals surface area contributed by atoms with Gasteiger partial charge in [0.2, 0.25) is 5.95 Å². The van der Waals surface area contributed by atoms with E-state index in [2.05, 4.69) is 11.8 Å². The Balaban J connectivity index is 1.73. The van der Waals surface area contributed by atoms with Crippen LogP contribution < -0.4 is 16.1 Å². The van der Waals surface area contributed by atoms with Gasteiger partial charge in [0.1, 0.15) is 5.82 Å². The fraction of sp³-hybridized carbons (Fsp3) is 0.292. The van der Waals surface area contributed by atoms with E-state index < -0.39 is 17.1 Å². The fourth-order valence-electron chi connectivity index (χ4n) is 4.38. The zero-order chi connectivity index (χ0) is 22.6. The number of nitrogens with zero attached hydrogens (tertiary/aromatic N) is 5. The summed E-state index contributed by atoms with van der Waals surface area (Å²) in [6, 6.07) is 14.3. The van der Waals surface area contributed by atoms with E-state index in [0.717, 1.165) is 22.4 Å². The molecule has 0 saturated heterocycles. The van der Waals surface area contributed by atoms with E-state index in [1.165, 1.54) is 10.6 Å². The van der Waals surface area contributed by atoms with Crippen molar-refractivity contribution in [2.24, 2.45) is 13.0 Å². The Morgan fingerprint density at radius 2 is 1.78 bits per heavy atom. The normalized spacial score (nSPS) is 15.9. The SMILES string of the molecule is Cc1ccc(N2C[C@H](C)Cn3c2nc2c3c(=O)n(Cc3ccccc3F)c(=O)n2C)cc1. The van der Waals surface area contributed by atoms with Crippen molar-refractivity contribution >= 4 is 22.8 Å². The monoisotopic (exact) mass is 433 g/mol. The van der Waals surface area contributed by atoms with Gasteiger partial charge in [-0.05, 0) is 31.0 Å². The fourth-order valence-corrected chi connectivity index (χ4v) is 4.38. The molecular weight excluding hydrogens is 409 g/mol. The molecule has 164 valence electrons. The summed E-state index contributed by atoms with van der Waals surface area (Å²) in [6.45, 7) is 5.39. The van der Waals surface area contributed by atoms with Crippen molar-refractivity contribution in [1.29, 1.82) is 0 Å². The highest BCUT2D eigenvalue weighted by molar-refractivity contribution is 5.77. The Labute approximate surface area is 184 Å². The molecule has 0 bridgehead atoms. The first-order valence-corrected chi connectivity index (χ1v) is 10.6. The number of rotatable bonds is 3. The number of anilines is 2. The van der Waals surface area contributed by atoms with E-state index in [0.29, 0.717) is 29.2 Å². The van der Waals surface area contributed by atoms with Crippen molar-refractivity contribution in [2.75, 3.05) is 11.4 Å². The van der Waals surface area contributed by atoms with E-state index in [1.54, 1.807) is 25.2 Å². The maximum Gasteiger partial charge on any atom is 0.332 e. The molecule has 5 rings (SSSR count). The molecule has 0 spiro atoms. The van der Waals surface area contributed by atoms with Crippen LogP contribution in [0.2, 0.25) is 0 Å². The summed E-state index contributed by atoms with van der Waals surface area (Å²) in [5.41, 5.74) is 2.16. The van der Waals surface area contributed by atoms with Crippen LogP contribution in [0.5, 0.6) is 0 Å². The number of halogens is 1. The summed E-state index contributed by atoms with van der Waals surface area (Å²) in [5.74, 6) is 0.451. The Bertz CT molecular complexity index is 1450. The number of aryl methyl sites for hydroxylation is 2. The van der Waals surface area contributed by atoms with Crippen LogP contribution in [0.15, 0.2) is 58.1 Å². The molecular formula is C24H24FN5O2. The van der Waals surface area contributed by atoms with Gasteiger partial charge in [-0.3, -0.25) is 13.9 Å². The van der Waals surface area contributed by atoms with E-state index in [1.807, 2.05) is 35.8 Å². The lowest BCUT2D eigenvalue weighted by Crippen LogP contribution is -2.40. The summed E-state index contributed by atoms with van der Waals surface area (Å²) < 4.78 is 18.6. The van der Waals surface area contributed by atoms with E-state index in [4.69, 9.17) is 4.98 Å². The lowest BCUT2D eigenvalue weighted by molar-refractivity contribution is 0.458. The minimum absolute atomic E-state index is 0.133. The minimum Gasteiger partial charge on any atom is -0.312 e. The first kappa shape index (κ1) is 20.2. The molecule has 1 atom stereocenters. The second-order valence-electron chi connectivity index (χ2n) is 8.57. The molecule has 0 fully saturated rings. The molecule has 3 heterocycles. The van der Waals surface area contributed by atoms with Gasteiger partial charge in [0.25, 0.3) is 5.56 Å². The molecule has 7 nitrogen and oxygen atoms in total. The van der Waals surface area contributed by atoms with Crippen LogP contribution in [-0.4, -0.2) is 25.2 Å². The molecule has 4 aromatic rings. The molecule has 0 amide bonds. The van der Waals surface area contributed by atoms with Gasteiger partial charge < -0.3 is 9.47 Å². The van der Waals surface area contributed by atoms with Gasteiger partial charge in [-0.1, -0.05) is 42.8 Å². The number of imidazole rings is 1. The number of fused-ring (bicyclic) bond motifs is 3. The smallest absolute Gasteiger partial charge is 0.312 e. The minimum atomic E-state index is -0.517. The van der Waals surface area contributed by atoms with Gasteiger partial charge in [-0.25, -0.2) is 9.18 Å². The molecule has 2 aromatic heterocycles. The summed E-state index contributed by atoms with van der Waals surface area (Å²) in [4.78, 5) is 33.3. The first-order valence-electron chi connectivity index (χ1n) is 10.6. The number of aromatic nitrogens is 4. The third-order valence-electron chi connectivity index (χ3n) is 6.07. The quantitative estimate of drug-likeness (QED) is 0.498. The van der Waals surface area contributed by atoms with Gasteiger partial charge in [0, 0.05) is 31.4 Å². The van der Waals surface area contributed by atoms with Gasteiger partial charge in [0.15, 0.2) is 11.2 Å². The molecule has 32 heavy (non-hydrogen) atoms. The molecule has 0 radical (unpaired) electrons. The lowest BCUT2D eigenvalue weighted by atomic mass is 10.1. The van der Waals surface area contributed by atoms with Crippen LogP contribution in [0, 0.1) is 18.7 Å². The molecule has 0 saturated carbocycles. The molecule has 0 unspecified atom stereocenters. The topological polar surface area (TPSA) is 65.1 Å². The Morgan fingerprint density at radius 3 is 2.50 bits per heavy atom. The van der Waals surface area contributed by atoms with Crippen LogP contribution >= 0.6 is 0 Å². The van der Waals surface area contributed by atoms with Gasteiger partial charge in [-0.15, -0.1) is 0 Å². The largest absolute Gasteiger partial charge is 0.332 e. The summed E-state index contributed by atoms with van der Waals surface area (Å²) in [5, 5.41) is 0. The molecule has 1 aliphatic heterocycles. The molecule has 0 aliphatic carbocycles. The highest BCUT2D eigenvalue weighted by Crippen LogP contribution is 2.32. The van der Waals surface area contributed by atoms with Gasteiger partial charge >= 0.3 is 5.69 Å². The molecule has 2 aromatic carbocycles. The zero-order valence-electron chi connectivity index (χ0n) is 18.2. The van der Waals surface area contributed by atoms with Crippen LogP contribution in [-0.2, 0) is 20.1 Å². The van der Waals surface area contributed by atoms with Crippen LogP contribution in [0.1, 0.15) is 18.1 Å². The highest BCUT2D eigenvalue weighted by Gasteiger charge is 2.29. The second-order valence-corrected chi connectivity index (χ2v) is 8.57.